The lowest BCUT2D eigenvalue weighted by atomic mass is 9.95. The summed E-state index contributed by atoms with van der Waals surface area (Å²) in [5.41, 5.74) is 1.58. The first-order chi connectivity index (χ1) is 10.0. The molecular formula is C16H19N3O2. The van der Waals surface area contributed by atoms with Crippen LogP contribution in [0, 0.1) is 17.2 Å². The number of carbonyl (C=O) groups is 2. The fourth-order valence-electron chi connectivity index (χ4n) is 2.50. The minimum Gasteiger partial charge on any atom is -0.346 e. The zero-order valence-corrected chi connectivity index (χ0v) is 12.4. The van der Waals surface area contributed by atoms with Gasteiger partial charge in [0.25, 0.3) is 0 Å². The van der Waals surface area contributed by atoms with Gasteiger partial charge in [0.2, 0.25) is 11.8 Å². The zero-order valence-electron chi connectivity index (χ0n) is 12.4. The van der Waals surface area contributed by atoms with E-state index in [9.17, 15) is 9.59 Å². The van der Waals surface area contributed by atoms with Crippen LogP contribution in [0.1, 0.15) is 24.0 Å². The maximum absolute atomic E-state index is 12.4. The lowest BCUT2D eigenvalue weighted by Gasteiger charge is -2.30. The number of rotatable bonds is 3. The molecule has 2 rings (SSSR count). The van der Waals surface area contributed by atoms with Crippen molar-refractivity contribution >= 4 is 11.8 Å². The molecule has 1 atom stereocenters. The van der Waals surface area contributed by atoms with Gasteiger partial charge in [0.15, 0.2) is 0 Å². The van der Waals surface area contributed by atoms with E-state index in [4.69, 9.17) is 5.26 Å². The van der Waals surface area contributed by atoms with Crippen LogP contribution < -0.4 is 0 Å². The van der Waals surface area contributed by atoms with Gasteiger partial charge in [0.1, 0.15) is 0 Å². The molecule has 110 valence electrons. The summed E-state index contributed by atoms with van der Waals surface area (Å²) >= 11 is 0. The largest absolute Gasteiger partial charge is 0.346 e. The molecule has 0 radical (unpaired) electrons. The number of benzene rings is 1. The van der Waals surface area contributed by atoms with E-state index >= 15 is 0 Å². The van der Waals surface area contributed by atoms with E-state index in [0.717, 1.165) is 12.0 Å². The van der Waals surface area contributed by atoms with Crippen LogP contribution in [-0.4, -0.2) is 42.3 Å². The van der Waals surface area contributed by atoms with Gasteiger partial charge < -0.3 is 9.80 Å². The Bertz CT molecular complexity index is 574. The average Bonchev–Trinajstić information content (AvgIpc) is 2.50. The lowest BCUT2D eigenvalue weighted by molar-refractivity contribution is -0.143. The Morgan fingerprint density at radius 2 is 2.10 bits per heavy atom. The molecule has 1 fully saturated rings. The average molecular weight is 285 g/mol. The normalized spacial score (nSPS) is 18.2. The molecule has 1 aromatic carbocycles. The van der Waals surface area contributed by atoms with Crippen LogP contribution in [0.5, 0.6) is 0 Å². The highest BCUT2D eigenvalue weighted by molar-refractivity contribution is 5.86. The van der Waals surface area contributed by atoms with E-state index in [0.29, 0.717) is 25.1 Å². The van der Waals surface area contributed by atoms with Crippen molar-refractivity contribution in [3.63, 3.8) is 0 Å². The molecule has 1 heterocycles. The predicted octanol–water partition coefficient (Wildman–Crippen LogP) is 1.39. The number of amides is 2. The number of likely N-dealkylation sites (tertiary alicyclic amines) is 1. The Labute approximate surface area is 124 Å². The minimum atomic E-state index is -0.211. The Morgan fingerprint density at radius 3 is 2.67 bits per heavy atom. The van der Waals surface area contributed by atoms with Crippen molar-refractivity contribution in [3.05, 3.63) is 35.4 Å². The fourth-order valence-corrected chi connectivity index (χ4v) is 2.50. The molecule has 2 amide bonds. The highest BCUT2D eigenvalue weighted by Gasteiger charge is 2.30. The summed E-state index contributed by atoms with van der Waals surface area (Å²) in [6.45, 7) is 1.13. The second-order valence-corrected chi connectivity index (χ2v) is 5.51. The Kier molecular flexibility index (Phi) is 4.59. The summed E-state index contributed by atoms with van der Waals surface area (Å²) in [5.74, 6) is -0.163. The summed E-state index contributed by atoms with van der Waals surface area (Å²) in [7, 11) is 3.52. The van der Waals surface area contributed by atoms with E-state index in [1.165, 1.54) is 0 Å². The van der Waals surface area contributed by atoms with Crippen molar-refractivity contribution in [2.24, 2.45) is 5.92 Å². The van der Waals surface area contributed by atoms with Gasteiger partial charge in [-0.1, -0.05) is 12.1 Å². The maximum Gasteiger partial charge on any atom is 0.226 e. The molecule has 1 saturated heterocycles. The Balaban J connectivity index is 1.96. The lowest BCUT2D eigenvalue weighted by Crippen LogP contribution is -2.42. The number of carbonyl (C=O) groups excluding carboxylic acids is 2. The number of hydrogen-bond donors (Lipinski definition) is 0. The fraction of sp³-hybridized carbons (Fsp3) is 0.438. The molecule has 21 heavy (non-hydrogen) atoms. The smallest absolute Gasteiger partial charge is 0.226 e. The molecule has 1 aliphatic rings. The molecule has 0 saturated carbocycles. The van der Waals surface area contributed by atoms with Crippen molar-refractivity contribution in [1.82, 2.24) is 9.80 Å². The number of hydrogen-bond acceptors (Lipinski definition) is 3. The molecule has 5 heteroatoms. The van der Waals surface area contributed by atoms with Gasteiger partial charge in [-0.15, -0.1) is 0 Å². The molecule has 0 bridgehead atoms. The van der Waals surface area contributed by atoms with Crippen molar-refractivity contribution in [3.8, 4) is 6.07 Å². The highest BCUT2D eigenvalue weighted by atomic mass is 16.2. The summed E-state index contributed by atoms with van der Waals surface area (Å²) in [5, 5.41) is 8.76. The van der Waals surface area contributed by atoms with Crippen molar-refractivity contribution in [2.45, 2.75) is 19.4 Å². The van der Waals surface area contributed by atoms with Gasteiger partial charge in [0, 0.05) is 39.5 Å². The van der Waals surface area contributed by atoms with E-state index in [1.807, 2.05) is 12.1 Å². The summed E-state index contributed by atoms with van der Waals surface area (Å²) in [6.07, 6.45) is 1.02. The number of nitriles is 1. The molecule has 0 spiro atoms. The minimum absolute atomic E-state index is 0.0146. The van der Waals surface area contributed by atoms with E-state index in [-0.39, 0.29) is 17.7 Å². The van der Waals surface area contributed by atoms with Gasteiger partial charge >= 0.3 is 0 Å². The zero-order chi connectivity index (χ0) is 15.4. The quantitative estimate of drug-likeness (QED) is 0.843. The van der Waals surface area contributed by atoms with Gasteiger partial charge in [-0.05, 0) is 24.1 Å². The second-order valence-electron chi connectivity index (χ2n) is 5.51. The van der Waals surface area contributed by atoms with Crippen LogP contribution in [0.25, 0.3) is 0 Å². The van der Waals surface area contributed by atoms with Crippen molar-refractivity contribution in [1.29, 1.82) is 5.26 Å². The Hall–Kier alpha value is -2.35. The first-order valence-electron chi connectivity index (χ1n) is 6.99. The van der Waals surface area contributed by atoms with Crippen molar-refractivity contribution < 1.29 is 9.59 Å². The third-order valence-corrected chi connectivity index (χ3v) is 3.89. The van der Waals surface area contributed by atoms with Crippen molar-refractivity contribution in [2.75, 3.05) is 20.6 Å². The summed E-state index contributed by atoms with van der Waals surface area (Å²) in [6, 6.07) is 9.25. The first kappa shape index (κ1) is 15.0. The number of piperidine rings is 1. The van der Waals surface area contributed by atoms with Crippen LogP contribution >= 0.6 is 0 Å². The van der Waals surface area contributed by atoms with Gasteiger partial charge in [-0.25, -0.2) is 0 Å². The van der Waals surface area contributed by atoms with Crippen LogP contribution in [0.2, 0.25) is 0 Å². The maximum atomic E-state index is 12.4. The summed E-state index contributed by atoms with van der Waals surface area (Å²) < 4.78 is 0. The molecule has 1 aromatic rings. The summed E-state index contributed by atoms with van der Waals surface area (Å²) in [4.78, 5) is 27.4. The predicted molar refractivity (Wildman–Crippen MR) is 78.0 cm³/mol. The molecule has 0 N–H and O–H groups in total. The topological polar surface area (TPSA) is 64.4 Å². The molecule has 0 unspecified atom stereocenters. The third kappa shape index (κ3) is 3.60. The SMILES string of the molecule is CN1CC[C@H](C(=O)N(C)Cc2ccc(C#N)cc2)CC1=O. The van der Waals surface area contributed by atoms with Crippen LogP contribution in [-0.2, 0) is 16.1 Å². The highest BCUT2D eigenvalue weighted by Crippen LogP contribution is 2.20. The van der Waals surface area contributed by atoms with Crippen LogP contribution in [0.3, 0.4) is 0 Å². The molecule has 5 nitrogen and oxygen atoms in total. The van der Waals surface area contributed by atoms with E-state index in [1.54, 1.807) is 36.0 Å². The second kappa shape index (κ2) is 6.40. The molecule has 0 aromatic heterocycles. The number of nitrogens with zero attached hydrogens (tertiary/aromatic N) is 3. The Morgan fingerprint density at radius 1 is 1.43 bits per heavy atom. The molecule has 0 aliphatic carbocycles. The van der Waals surface area contributed by atoms with Gasteiger partial charge in [-0.3, -0.25) is 9.59 Å². The van der Waals surface area contributed by atoms with Gasteiger partial charge in [0.05, 0.1) is 11.6 Å². The van der Waals surface area contributed by atoms with Gasteiger partial charge in [-0.2, -0.15) is 5.26 Å². The third-order valence-electron chi connectivity index (χ3n) is 3.89. The van der Waals surface area contributed by atoms with Crippen LogP contribution in [0.15, 0.2) is 24.3 Å². The molecule has 1 aliphatic heterocycles. The standard InChI is InChI=1S/C16H19N3O2/c1-18-8-7-14(9-15(18)20)16(21)19(2)11-13-5-3-12(10-17)4-6-13/h3-6,14H,7-9,11H2,1-2H3/t14-/m0/s1. The monoisotopic (exact) mass is 285 g/mol. The van der Waals surface area contributed by atoms with E-state index in [2.05, 4.69) is 6.07 Å². The van der Waals surface area contributed by atoms with Crippen LogP contribution in [0.4, 0.5) is 0 Å². The first-order valence-corrected chi connectivity index (χ1v) is 6.99. The van der Waals surface area contributed by atoms with E-state index < -0.39 is 0 Å². The molecular weight excluding hydrogens is 266 g/mol.